The van der Waals surface area contributed by atoms with E-state index >= 15 is 0 Å². The van der Waals surface area contributed by atoms with E-state index in [0.717, 1.165) is 25.1 Å². The third-order valence-corrected chi connectivity index (χ3v) is 5.39. The van der Waals surface area contributed by atoms with Gasteiger partial charge in [-0.15, -0.1) is 0 Å². The molecular weight excluding hydrogens is 348 g/mol. The van der Waals surface area contributed by atoms with Crippen LogP contribution in [0.3, 0.4) is 0 Å². The summed E-state index contributed by atoms with van der Waals surface area (Å²) in [6.45, 7) is 9.91. The number of nitrogens with one attached hydrogen (secondary N) is 1. The maximum atomic E-state index is 12.5. The van der Waals surface area contributed by atoms with Crippen LogP contribution in [0.25, 0.3) is 0 Å². The molecule has 0 aromatic heterocycles. The van der Waals surface area contributed by atoms with E-state index in [1.165, 1.54) is 5.56 Å². The lowest BCUT2D eigenvalue weighted by atomic mass is 9.92. The first-order chi connectivity index (χ1) is 13.3. The van der Waals surface area contributed by atoms with Gasteiger partial charge in [-0.05, 0) is 57.7 Å². The SMILES string of the molecule is CC(c1ccccc1)N1CCC([C@@H](NC(=O)OC(C)(C)C)c2ccccc2)C1. The predicted molar refractivity (Wildman–Crippen MR) is 113 cm³/mol. The summed E-state index contributed by atoms with van der Waals surface area (Å²) in [5, 5.41) is 3.14. The normalized spacial score (nSPS) is 19.8. The molecule has 28 heavy (non-hydrogen) atoms. The number of carbonyl (C=O) groups excluding carboxylic acids is 1. The van der Waals surface area contributed by atoms with E-state index < -0.39 is 5.60 Å². The maximum Gasteiger partial charge on any atom is 0.408 e. The Balaban J connectivity index is 1.73. The van der Waals surface area contributed by atoms with Crippen molar-refractivity contribution in [2.75, 3.05) is 13.1 Å². The zero-order valence-corrected chi connectivity index (χ0v) is 17.4. The van der Waals surface area contributed by atoms with Crippen LogP contribution in [0, 0.1) is 5.92 Å². The second kappa shape index (κ2) is 8.78. The smallest absolute Gasteiger partial charge is 0.408 e. The molecule has 1 amide bonds. The molecule has 1 fully saturated rings. The van der Waals surface area contributed by atoms with Crippen LogP contribution in [0.5, 0.6) is 0 Å². The highest BCUT2D eigenvalue weighted by molar-refractivity contribution is 5.68. The molecule has 1 N–H and O–H groups in total. The summed E-state index contributed by atoms with van der Waals surface area (Å²) >= 11 is 0. The third kappa shape index (κ3) is 5.35. The summed E-state index contributed by atoms with van der Waals surface area (Å²) < 4.78 is 5.53. The number of hydrogen-bond acceptors (Lipinski definition) is 3. The van der Waals surface area contributed by atoms with Crippen LogP contribution < -0.4 is 5.32 Å². The fourth-order valence-corrected chi connectivity index (χ4v) is 3.95. The second-order valence-electron chi connectivity index (χ2n) is 8.66. The molecule has 2 aromatic carbocycles. The Kier molecular flexibility index (Phi) is 6.40. The third-order valence-electron chi connectivity index (χ3n) is 5.39. The fraction of sp³-hybridized carbons (Fsp3) is 0.458. The number of alkyl carbamates (subject to hydrolysis) is 1. The highest BCUT2D eigenvalue weighted by atomic mass is 16.6. The maximum absolute atomic E-state index is 12.5. The summed E-state index contributed by atoms with van der Waals surface area (Å²) in [4.78, 5) is 15.0. The Bertz CT molecular complexity index is 755. The number of hydrogen-bond donors (Lipinski definition) is 1. The number of nitrogens with zero attached hydrogens (tertiary/aromatic N) is 1. The summed E-state index contributed by atoms with van der Waals surface area (Å²) in [6.07, 6.45) is 0.697. The summed E-state index contributed by atoms with van der Waals surface area (Å²) in [6, 6.07) is 21.2. The van der Waals surface area contributed by atoms with Crippen LogP contribution in [-0.4, -0.2) is 29.7 Å². The molecule has 1 aliphatic heterocycles. The van der Waals surface area contributed by atoms with Gasteiger partial charge in [-0.1, -0.05) is 60.7 Å². The van der Waals surface area contributed by atoms with Gasteiger partial charge in [-0.25, -0.2) is 4.79 Å². The van der Waals surface area contributed by atoms with Crippen molar-refractivity contribution >= 4 is 6.09 Å². The molecule has 0 aliphatic carbocycles. The van der Waals surface area contributed by atoms with E-state index in [4.69, 9.17) is 4.74 Å². The Hall–Kier alpha value is -2.33. The Labute approximate surface area is 168 Å². The molecule has 4 nitrogen and oxygen atoms in total. The zero-order chi connectivity index (χ0) is 20.1. The van der Waals surface area contributed by atoms with Gasteiger partial charge in [-0.3, -0.25) is 4.90 Å². The van der Waals surface area contributed by atoms with Crippen molar-refractivity contribution in [3.63, 3.8) is 0 Å². The van der Waals surface area contributed by atoms with Gasteiger partial charge in [0.2, 0.25) is 0 Å². The van der Waals surface area contributed by atoms with Crippen molar-refractivity contribution in [3.8, 4) is 0 Å². The fourth-order valence-electron chi connectivity index (χ4n) is 3.95. The quantitative estimate of drug-likeness (QED) is 0.762. The molecule has 2 aromatic rings. The minimum Gasteiger partial charge on any atom is -0.444 e. The minimum absolute atomic E-state index is 0.0518. The molecule has 0 saturated carbocycles. The van der Waals surface area contributed by atoms with Crippen LogP contribution in [-0.2, 0) is 4.74 Å². The molecular formula is C24H32N2O2. The van der Waals surface area contributed by atoms with Gasteiger partial charge >= 0.3 is 6.09 Å². The standard InChI is InChI=1S/C24H32N2O2/c1-18(19-11-7-5-8-12-19)26-16-15-21(17-26)22(20-13-9-6-10-14-20)25-23(27)28-24(2,3)4/h5-14,18,21-22H,15-17H2,1-4H3,(H,25,27)/t18?,21?,22-/m0/s1. The van der Waals surface area contributed by atoms with E-state index in [1.807, 2.05) is 39.0 Å². The number of amides is 1. The minimum atomic E-state index is -0.505. The van der Waals surface area contributed by atoms with Crippen LogP contribution in [0.2, 0.25) is 0 Å². The average molecular weight is 381 g/mol. The van der Waals surface area contributed by atoms with Gasteiger partial charge in [0, 0.05) is 12.6 Å². The number of ether oxygens (including phenoxy) is 1. The predicted octanol–water partition coefficient (Wildman–Crippen LogP) is 5.34. The van der Waals surface area contributed by atoms with Crippen molar-refractivity contribution in [2.24, 2.45) is 5.92 Å². The topological polar surface area (TPSA) is 41.6 Å². The molecule has 1 saturated heterocycles. The van der Waals surface area contributed by atoms with Gasteiger partial charge in [-0.2, -0.15) is 0 Å². The van der Waals surface area contributed by atoms with Crippen molar-refractivity contribution in [1.82, 2.24) is 10.2 Å². The molecule has 150 valence electrons. The van der Waals surface area contributed by atoms with Gasteiger partial charge in [0.1, 0.15) is 5.60 Å². The van der Waals surface area contributed by atoms with E-state index in [9.17, 15) is 4.79 Å². The number of carbonyl (C=O) groups is 1. The first-order valence-electron chi connectivity index (χ1n) is 10.2. The van der Waals surface area contributed by atoms with E-state index in [-0.39, 0.29) is 12.1 Å². The largest absolute Gasteiger partial charge is 0.444 e. The summed E-state index contributed by atoms with van der Waals surface area (Å²) in [5.74, 6) is 0.348. The molecule has 0 spiro atoms. The Morgan fingerprint density at radius 2 is 1.61 bits per heavy atom. The highest BCUT2D eigenvalue weighted by Gasteiger charge is 2.34. The second-order valence-corrected chi connectivity index (χ2v) is 8.66. The lowest BCUT2D eigenvalue weighted by Gasteiger charge is -2.29. The van der Waals surface area contributed by atoms with Crippen LogP contribution >= 0.6 is 0 Å². The monoisotopic (exact) mass is 380 g/mol. The first kappa shape index (κ1) is 20.4. The van der Waals surface area contributed by atoms with Crippen molar-refractivity contribution in [3.05, 3.63) is 71.8 Å². The van der Waals surface area contributed by atoms with E-state index in [1.54, 1.807) is 0 Å². The van der Waals surface area contributed by atoms with E-state index in [0.29, 0.717) is 12.0 Å². The van der Waals surface area contributed by atoms with Crippen LogP contribution in [0.4, 0.5) is 4.79 Å². The number of benzene rings is 2. The van der Waals surface area contributed by atoms with Gasteiger partial charge in [0.15, 0.2) is 0 Å². The van der Waals surface area contributed by atoms with Crippen LogP contribution in [0.15, 0.2) is 60.7 Å². The van der Waals surface area contributed by atoms with Gasteiger partial charge < -0.3 is 10.1 Å². The zero-order valence-electron chi connectivity index (χ0n) is 17.4. The van der Waals surface area contributed by atoms with Crippen molar-refractivity contribution in [2.45, 2.75) is 51.8 Å². The summed E-state index contributed by atoms with van der Waals surface area (Å²) in [5.41, 5.74) is 1.96. The first-order valence-corrected chi connectivity index (χ1v) is 10.2. The molecule has 4 heteroatoms. The molecule has 0 radical (unpaired) electrons. The lowest BCUT2D eigenvalue weighted by molar-refractivity contribution is 0.0484. The summed E-state index contributed by atoms with van der Waals surface area (Å²) in [7, 11) is 0. The van der Waals surface area contributed by atoms with E-state index in [2.05, 4.69) is 59.6 Å². The van der Waals surface area contributed by atoms with Crippen molar-refractivity contribution in [1.29, 1.82) is 0 Å². The molecule has 1 heterocycles. The Morgan fingerprint density at radius 3 is 2.18 bits per heavy atom. The highest BCUT2D eigenvalue weighted by Crippen LogP contribution is 2.34. The van der Waals surface area contributed by atoms with Crippen molar-refractivity contribution < 1.29 is 9.53 Å². The van der Waals surface area contributed by atoms with Gasteiger partial charge in [0.05, 0.1) is 6.04 Å². The number of likely N-dealkylation sites (tertiary alicyclic amines) is 1. The molecule has 2 unspecified atom stereocenters. The molecule has 3 rings (SSSR count). The Morgan fingerprint density at radius 1 is 1.04 bits per heavy atom. The van der Waals surface area contributed by atoms with Gasteiger partial charge in [0.25, 0.3) is 0 Å². The number of rotatable bonds is 5. The average Bonchev–Trinajstić information content (AvgIpc) is 3.15. The molecule has 0 bridgehead atoms. The lowest BCUT2D eigenvalue weighted by Crippen LogP contribution is -2.38. The molecule has 1 aliphatic rings. The molecule has 3 atom stereocenters. The van der Waals surface area contributed by atoms with Crippen LogP contribution in [0.1, 0.15) is 57.3 Å².